The van der Waals surface area contributed by atoms with Crippen molar-refractivity contribution >= 4 is 10.8 Å². The fraction of sp³-hybridized carbons (Fsp3) is 0.600. The van der Waals surface area contributed by atoms with Gasteiger partial charge in [0.1, 0.15) is 0 Å². The van der Waals surface area contributed by atoms with Gasteiger partial charge in [0.2, 0.25) is 0 Å². The SMILES string of the molecule is C[C@@H]1CN(Cc2ccc([S@](C)=O)cc2)C(C)(C)CO1. The van der Waals surface area contributed by atoms with Crippen LogP contribution in [0.4, 0.5) is 0 Å². The third kappa shape index (κ3) is 3.65. The average Bonchev–Trinajstić information content (AvgIpc) is 2.35. The summed E-state index contributed by atoms with van der Waals surface area (Å²) in [6.07, 6.45) is 2.00. The number of benzene rings is 1. The highest BCUT2D eigenvalue weighted by Crippen LogP contribution is 2.24. The lowest BCUT2D eigenvalue weighted by atomic mass is 10.00. The fourth-order valence-electron chi connectivity index (χ4n) is 2.33. The first-order valence-corrected chi connectivity index (χ1v) is 8.23. The number of ether oxygens (including phenoxy) is 1. The van der Waals surface area contributed by atoms with Crippen LogP contribution in [0.25, 0.3) is 0 Å². The summed E-state index contributed by atoms with van der Waals surface area (Å²) < 4.78 is 17.1. The molecule has 1 fully saturated rings. The monoisotopic (exact) mass is 281 g/mol. The fourth-order valence-corrected chi connectivity index (χ4v) is 2.85. The van der Waals surface area contributed by atoms with Crippen LogP contribution < -0.4 is 0 Å². The zero-order valence-corrected chi connectivity index (χ0v) is 13.0. The molecule has 19 heavy (non-hydrogen) atoms. The van der Waals surface area contributed by atoms with Crippen molar-refractivity contribution in [1.82, 2.24) is 4.90 Å². The molecule has 2 atom stereocenters. The van der Waals surface area contributed by atoms with E-state index >= 15 is 0 Å². The first-order valence-electron chi connectivity index (χ1n) is 6.67. The Kier molecular flexibility index (Phi) is 4.43. The van der Waals surface area contributed by atoms with Gasteiger partial charge in [0.25, 0.3) is 0 Å². The van der Waals surface area contributed by atoms with Gasteiger partial charge in [-0.2, -0.15) is 0 Å². The Hall–Kier alpha value is -0.710. The molecule has 1 aromatic carbocycles. The van der Waals surface area contributed by atoms with E-state index < -0.39 is 10.8 Å². The first-order chi connectivity index (χ1) is 8.88. The van der Waals surface area contributed by atoms with Crippen LogP contribution in [0.5, 0.6) is 0 Å². The zero-order chi connectivity index (χ0) is 14.0. The maximum Gasteiger partial charge on any atom is 0.0675 e. The van der Waals surface area contributed by atoms with E-state index in [0.717, 1.165) is 24.6 Å². The van der Waals surface area contributed by atoms with Crippen LogP contribution in [-0.2, 0) is 22.1 Å². The van der Waals surface area contributed by atoms with Gasteiger partial charge in [-0.3, -0.25) is 9.11 Å². The van der Waals surface area contributed by atoms with Crippen molar-refractivity contribution in [2.24, 2.45) is 0 Å². The lowest BCUT2D eigenvalue weighted by Crippen LogP contribution is -2.54. The van der Waals surface area contributed by atoms with Crippen LogP contribution in [-0.4, -0.2) is 40.2 Å². The number of morpholine rings is 1. The standard InChI is InChI=1S/C15H23NO2S/c1-12-9-16(15(2,3)11-18-12)10-13-5-7-14(8-6-13)19(4)17/h5-8,12H,9-11H2,1-4H3/t12-,19+/m1/s1. The molecule has 0 unspecified atom stereocenters. The molecule has 1 aliphatic rings. The normalized spacial score (nSPS) is 25.2. The molecule has 2 rings (SSSR count). The molecule has 4 heteroatoms. The van der Waals surface area contributed by atoms with Crippen LogP contribution in [0.15, 0.2) is 29.2 Å². The Morgan fingerprint density at radius 3 is 2.58 bits per heavy atom. The summed E-state index contributed by atoms with van der Waals surface area (Å²) in [5, 5.41) is 0. The summed E-state index contributed by atoms with van der Waals surface area (Å²) in [7, 11) is -0.899. The minimum absolute atomic E-state index is 0.0682. The number of hydrogen-bond donors (Lipinski definition) is 0. The zero-order valence-electron chi connectivity index (χ0n) is 12.2. The predicted molar refractivity (Wildman–Crippen MR) is 78.7 cm³/mol. The molecule has 1 aromatic rings. The Bertz CT molecular complexity index is 456. The van der Waals surface area contributed by atoms with E-state index in [2.05, 4.69) is 37.8 Å². The van der Waals surface area contributed by atoms with Gasteiger partial charge < -0.3 is 4.74 Å². The molecule has 0 radical (unpaired) electrons. The van der Waals surface area contributed by atoms with Gasteiger partial charge in [0, 0.05) is 40.6 Å². The highest BCUT2D eigenvalue weighted by molar-refractivity contribution is 7.84. The van der Waals surface area contributed by atoms with Crippen LogP contribution >= 0.6 is 0 Å². The van der Waals surface area contributed by atoms with E-state index in [1.807, 2.05) is 12.1 Å². The second kappa shape index (κ2) is 5.73. The Morgan fingerprint density at radius 1 is 1.37 bits per heavy atom. The molecule has 0 aliphatic carbocycles. The van der Waals surface area contributed by atoms with Crippen molar-refractivity contribution in [3.8, 4) is 0 Å². The molecule has 1 saturated heterocycles. The van der Waals surface area contributed by atoms with E-state index in [1.54, 1.807) is 6.26 Å². The molecule has 0 saturated carbocycles. The summed E-state index contributed by atoms with van der Waals surface area (Å²) in [5.41, 5.74) is 1.33. The topological polar surface area (TPSA) is 29.5 Å². The summed E-state index contributed by atoms with van der Waals surface area (Å²) in [6, 6.07) is 8.07. The summed E-state index contributed by atoms with van der Waals surface area (Å²) in [5.74, 6) is 0. The highest BCUT2D eigenvalue weighted by atomic mass is 32.2. The Morgan fingerprint density at radius 2 is 2.00 bits per heavy atom. The number of rotatable bonds is 3. The quantitative estimate of drug-likeness (QED) is 0.852. The van der Waals surface area contributed by atoms with E-state index in [0.29, 0.717) is 0 Å². The average molecular weight is 281 g/mol. The lowest BCUT2D eigenvalue weighted by molar-refractivity contribution is -0.0949. The molecule has 1 aliphatic heterocycles. The van der Waals surface area contributed by atoms with Gasteiger partial charge in [-0.25, -0.2) is 0 Å². The molecule has 106 valence electrons. The molecule has 0 aromatic heterocycles. The third-order valence-electron chi connectivity index (χ3n) is 3.68. The van der Waals surface area contributed by atoms with E-state index in [9.17, 15) is 4.21 Å². The molecule has 0 amide bonds. The van der Waals surface area contributed by atoms with Crippen molar-refractivity contribution in [2.75, 3.05) is 19.4 Å². The van der Waals surface area contributed by atoms with E-state index in [4.69, 9.17) is 4.74 Å². The maximum absolute atomic E-state index is 11.4. The van der Waals surface area contributed by atoms with Crippen molar-refractivity contribution in [2.45, 2.75) is 43.9 Å². The minimum Gasteiger partial charge on any atom is -0.375 e. The van der Waals surface area contributed by atoms with Gasteiger partial charge in [-0.1, -0.05) is 12.1 Å². The van der Waals surface area contributed by atoms with Crippen molar-refractivity contribution in [1.29, 1.82) is 0 Å². The maximum atomic E-state index is 11.4. The predicted octanol–water partition coefficient (Wildman–Crippen LogP) is 2.42. The molecule has 0 bridgehead atoms. The van der Waals surface area contributed by atoms with Crippen LogP contribution in [0.1, 0.15) is 26.3 Å². The van der Waals surface area contributed by atoms with Gasteiger partial charge in [0.05, 0.1) is 12.7 Å². The Balaban J connectivity index is 2.08. The summed E-state index contributed by atoms with van der Waals surface area (Å²) >= 11 is 0. The van der Waals surface area contributed by atoms with E-state index in [1.165, 1.54) is 5.56 Å². The van der Waals surface area contributed by atoms with Gasteiger partial charge in [-0.05, 0) is 38.5 Å². The molecule has 0 spiro atoms. The molecular weight excluding hydrogens is 258 g/mol. The second-order valence-corrected chi connectivity index (χ2v) is 7.29. The Labute approximate surface area is 118 Å². The second-order valence-electron chi connectivity index (χ2n) is 5.91. The van der Waals surface area contributed by atoms with E-state index in [-0.39, 0.29) is 11.6 Å². The molecular formula is C15H23NO2S. The van der Waals surface area contributed by atoms with Gasteiger partial charge in [0.15, 0.2) is 0 Å². The van der Waals surface area contributed by atoms with Crippen LogP contribution in [0.3, 0.4) is 0 Å². The highest BCUT2D eigenvalue weighted by Gasteiger charge is 2.33. The van der Waals surface area contributed by atoms with Crippen molar-refractivity contribution < 1.29 is 8.95 Å². The molecule has 3 nitrogen and oxygen atoms in total. The number of nitrogens with zero attached hydrogens (tertiary/aromatic N) is 1. The van der Waals surface area contributed by atoms with Crippen LogP contribution in [0.2, 0.25) is 0 Å². The minimum atomic E-state index is -0.899. The third-order valence-corrected chi connectivity index (χ3v) is 4.62. The van der Waals surface area contributed by atoms with Crippen molar-refractivity contribution in [3.05, 3.63) is 29.8 Å². The van der Waals surface area contributed by atoms with Crippen LogP contribution in [0, 0.1) is 0 Å². The lowest BCUT2D eigenvalue weighted by Gasteiger charge is -2.44. The summed E-state index contributed by atoms with van der Waals surface area (Å²) in [6.45, 7) is 9.19. The molecule has 0 N–H and O–H groups in total. The first kappa shape index (κ1) is 14.7. The van der Waals surface area contributed by atoms with Gasteiger partial charge >= 0.3 is 0 Å². The summed E-state index contributed by atoms with van der Waals surface area (Å²) in [4.78, 5) is 3.34. The van der Waals surface area contributed by atoms with Gasteiger partial charge in [-0.15, -0.1) is 0 Å². The van der Waals surface area contributed by atoms with Crippen molar-refractivity contribution in [3.63, 3.8) is 0 Å². The smallest absolute Gasteiger partial charge is 0.0675 e. The largest absolute Gasteiger partial charge is 0.375 e. The molecule has 1 heterocycles. The number of hydrogen-bond acceptors (Lipinski definition) is 3.